The molecule has 1 amide bonds. The number of amides is 1. The Morgan fingerprint density at radius 2 is 1.85 bits per heavy atom. The van der Waals surface area contributed by atoms with Gasteiger partial charge in [-0.2, -0.15) is 4.98 Å². The summed E-state index contributed by atoms with van der Waals surface area (Å²) in [5.41, 5.74) is 6.94. The first-order valence-corrected chi connectivity index (χ1v) is 18.5. The van der Waals surface area contributed by atoms with Crippen LogP contribution in [0.25, 0.3) is 11.1 Å². The summed E-state index contributed by atoms with van der Waals surface area (Å²) in [4.78, 5) is 34.7. The number of carboxylic acid groups (broad SMARTS) is 1. The molecule has 1 unspecified atom stereocenters. The number of aliphatic carboxylic acids is 1. The highest BCUT2D eigenvalue weighted by atomic mass is 35.5. The summed E-state index contributed by atoms with van der Waals surface area (Å²) >= 11 is 14.0. The van der Waals surface area contributed by atoms with Crippen LogP contribution in [0.15, 0.2) is 59.1 Å². The van der Waals surface area contributed by atoms with Crippen LogP contribution < -0.4 is 20.1 Å². The number of halogens is 2. The van der Waals surface area contributed by atoms with Crippen molar-refractivity contribution in [2.24, 2.45) is 10.9 Å². The fraction of sp³-hybridized carbons (Fsp3) is 0.436. The maximum absolute atomic E-state index is 11.5. The number of dihydropyridines is 1. The first kappa shape index (κ1) is 36.2. The molecule has 0 bridgehead atoms. The highest BCUT2D eigenvalue weighted by Crippen LogP contribution is 2.45. The van der Waals surface area contributed by atoms with Gasteiger partial charge in [0.15, 0.2) is 0 Å². The minimum Gasteiger partial charge on any atom is -0.481 e. The van der Waals surface area contributed by atoms with E-state index in [0.717, 1.165) is 52.7 Å². The predicted molar refractivity (Wildman–Crippen MR) is 199 cm³/mol. The summed E-state index contributed by atoms with van der Waals surface area (Å²) in [7, 11) is 3.19. The molecule has 0 saturated carbocycles. The van der Waals surface area contributed by atoms with E-state index < -0.39 is 5.97 Å². The Morgan fingerprint density at radius 3 is 2.58 bits per heavy atom. The van der Waals surface area contributed by atoms with Crippen molar-refractivity contribution in [3.8, 4) is 22.9 Å². The number of methoxy groups -OCH3 is 2. The van der Waals surface area contributed by atoms with Crippen molar-refractivity contribution >= 4 is 41.0 Å². The molecule has 11 nitrogen and oxygen atoms in total. The van der Waals surface area contributed by atoms with E-state index in [0.29, 0.717) is 79.7 Å². The van der Waals surface area contributed by atoms with E-state index in [1.807, 2.05) is 30.3 Å². The molecule has 3 N–H and O–H groups in total. The second-order valence-electron chi connectivity index (χ2n) is 13.8. The number of likely N-dealkylation sites (tertiary alicyclic amines) is 1. The summed E-state index contributed by atoms with van der Waals surface area (Å²) in [5, 5.41) is 16.9. The number of aliphatic imine (C=N–C) groups is 1. The number of hydrogen-bond acceptors (Lipinski definition) is 9. The number of ether oxygens (including phenoxy) is 3. The van der Waals surface area contributed by atoms with Crippen LogP contribution in [0.4, 0.5) is 0 Å². The highest BCUT2D eigenvalue weighted by Gasteiger charge is 2.32. The number of nitrogens with one attached hydrogen (secondary N) is 2. The van der Waals surface area contributed by atoms with E-state index in [1.165, 1.54) is 5.56 Å². The van der Waals surface area contributed by atoms with Crippen molar-refractivity contribution in [1.29, 1.82) is 0 Å². The number of carbonyl (C=O) groups is 2. The Bertz CT molecular complexity index is 1920. The summed E-state index contributed by atoms with van der Waals surface area (Å²) in [6.45, 7) is 2.96. The molecule has 13 heteroatoms. The Hall–Kier alpha value is -4.16. The zero-order valence-electron chi connectivity index (χ0n) is 29.3. The van der Waals surface area contributed by atoms with E-state index in [-0.39, 0.29) is 30.0 Å². The number of nitrogens with zero attached hydrogens (tertiary/aromatic N) is 3. The van der Waals surface area contributed by atoms with Crippen LogP contribution in [0.3, 0.4) is 0 Å². The molecule has 4 heterocycles. The van der Waals surface area contributed by atoms with Crippen molar-refractivity contribution in [3.63, 3.8) is 0 Å². The Balaban J connectivity index is 1.06. The van der Waals surface area contributed by atoms with Crippen LogP contribution in [0.2, 0.25) is 10.0 Å². The number of carboxylic acids is 1. The largest absolute Gasteiger partial charge is 0.481 e. The number of carbonyl (C=O) groups excluding carboxylic acids is 1. The van der Waals surface area contributed by atoms with Crippen LogP contribution in [0.1, 0.15) is 66.5 Å². The van der Waals surface area contributed by atoms with E-state index in [1.54, 1.807) is 14.2 Å². The van der Waals surface area contributed by atoms with Gasteiger partial charge in [-0.15, -0.1) is 0 Å². The van der Waals surface area contributed by atoms with Crippen molar-refractivity contribution in [1.82, 2.24) is 20.5 Å². The lowest BCUT2D eigenvalue weighted by atomic mass is 9.92. The number of rotatable bonds is 12. The third kappa shape index (κ3) is 7.64. The average Bonchev–Trinajstić information content (AvgIpc) is 3.90. The molecule has 1 aliphatic carbocycles. The molecule has 2 fully saturated rings. The van der Waals surface area contributed by atoms with Gasteiger partial charge in [0.1, 0.15) is 11.1 Å². The molecular formula is C39H43Cl2N5O6. The van der Waals surface area contributed by atoms with Crippen molar-refractivity contribution < 1.29 is 28.9 Å². The van der Waals surface area contributed by atoms with Gasteiger partial charge < -0.3 is 30.0 Å². The van der Waals surface area contributed by atoms with Crippen LogP contribution in [-0.2, 0) is 27.3 Å². The standard InChI is InChI=1S/C39H43Cl2N5O6/c1-50-36-22(18-42-19-25-10-14-34(47)43-25)9-12-32(44-36)30-8-4-7-29(35(30)41)26-5-3-6-28-27(26)11-13-33(28)52-38-31(40)17-24(37(45-38)51-2)21-46-16-15-23(20-46)39(48)49/h3-9,17,23,25,32-33,42H,10-16,18-21H2,1-2H3,(H,43,47)(H,48,49)/t23-,25+,32?,33+/m1/s1. The van der Waals surface area contributed by atoms with E-state index in [9.17, 15) is 14.7 Å². The molecule has 3 aliphatic heterocycles. The van der Waals surface area contributed by atoms with Gasteiger partial charge in [0.2, 0.25) is 23.6 Å². The lowest BCUT2D eigenvalue weighted by Gasteiger charge is -2.23. The van der Waals surface area contributed by atoms with Gasteiger partial charge in [-0.25, -0.2) is 4.99 Å². The first-order valence-electron chi connectivity index (χ1n) is 17.8. The minimum atomic E-state index is -0.770. The quantitative estimate of drug-likeness (QED) is 0.195. The van der Waals surface area contributed by atoms with Gasteiger partial charge in [-0.3, -0.25) is 14.5 Å². The molecule has 3 aromatic rings. The van der Waals surface area contributed by atoms with Crippen molar-refractivity contribution in [2.75, 3.05) is 40.4 Å². The molecule has 4 atom stereocenters. The van der Waals surface area contributed by atoms with E-state index in [4.69, 9.17) is 42.4 Å². The Labute approximate surface area is 313 Å². The summed E-state index contributed by atoms with van der Waals surface area (Å²) in [6, 6.07) is 14.1. The van der Waals surface area contributed by atoms with E-state index in [2.05, 4.69) is 38.7 Å². The summed E-state index contributed by atoms with van der Waals surface area (Å²) < 4.78 is 17.8. The predicted octanol–water partition coefficient (Wildman–Crippen LogP) is 6.32. The third-order valence-electron chi connectivity index (χ3n) is 10.5. The number of aromatic nitrogens is 1. The molecule has 4 aliphatic rings. The maximum atomic E-state index is 11.5. The monoisotopic (exact) mass is 747 g/mol. The lowest BCUT2D eigenvalue weighted by molar-refractivity contribution is -0.141. The molecular weight excluding hydrogens is 705 g/mol. The minimum absolute atomic E-state index is 0.109. The Kier molecular flexibility index (Phi) is 11.0. The first-order chi connectivity index (χ1) is 25.2. The lowest BCUT2D eigenvalue weighted by Crippen LogP contribution is -2.37. The topological polar surface area (TPSA) is 135 Å². The summed E-state index contributed by atoms with van der Waals surface area (Å²) in [6.07, 6.45) is 6.16. The average molecular weight is 749 g/mol. The van der Waals surface area contributed by atoms with Crippen LogP contribution >= 0.6 is 23.2 Å². The molecule has 0 spiro atoms. The maximum Gasteiger partial charge on any atom is 0.307 e. The van der Waals surface area contributed by atoms with Crippen LogP contribution in [0, 0.1) is 5.92 Å². The SMILES string of the molecule is COC1=NC(c2cccc(-c3cccc4c3CC[C@@H]4Oc3nc(OC)c(CN4CC[C@@H](C(=O)O)C4)cc3Cl)c2Cl)CC=C1CNC[C@@H]1CCC(=O)N1. The van der Waals surface area contributed by atoms with Gasteiger partial charge in [0, 0.05) is 55.3 Å². The highest BCUT2D eigenvalue weighted by molar-refractivity contribution is 6.34. The molecule has 2 aromatic carbocycles. The molecule has 2 saturated heterocycles. The Morgan fingerprint density at radius 1 is 1.04 bits per heavy atom. The molecule has 274 valence electrons. The number of benzene rings is 2. The number of fused-ring (bicyclic) bond motifs is 1. The number of pyridine rings is 1. The van der Waals surface area contributed by atoms with Crippen LogP contribution in [-0.4, -0.2) is 79.2 Å². The third-order valence-corrected chi connectivity index (χ3v) is 11.2. The molecule has 52 heavy (non-hydrogen) atoms. The molecule has 0 radical (unpaired) electrons. The van der Waals surface area contributed by atoms with Gasteiger partial charge in [0.05, 0.1) is 31.2 Å². The summed E-state index contributed by atoms with van der Waals surface area (Å²) in [5.74, 6) is 0.260. The van der Waals surface area contributed by atoms with Gasteiger partial charge in [-0.1, -0.05) is 65.7 Å². The normalized spacial score (nSPS) is 22.8. The van der Waals surface area contributed by atoms with Gasteiger partial charge in [-0.05, 0) is 67.0 Å². The van der Waals surface area contributed by atoms with Gasteiger partial charge in [0.25, 0.3) is 0 Å². The van der Waals surface area contributed by atoms with Gasteiger partial charge >= 0.3 is 5.97 Å². The van der Waals surface area contributed by atoms with Crippen molar-refractivity contribution in [2.45, 2.75) is 63.3 Å². The fourth-order valence-corrected chi connectivity index (χ4v) is 8.36. The second kappa shape index (κ2) is 15.8. The number of hydrogen-bond donors (Lipinski definition) is 3. The zero-order valence-corrected chi connectivity index (χ0v) is 30.8. The fourth-order valence-electron chi connectivity index (χ4n) is 7.78. The molecule has 1 aromatic heterocycles. The zero-order chi connectivity index (χ0) is 36.4. The smallest absolute Gasteiger partial charge is 0.307 e. The second-order valence-corrected chi connectivity index (χ2v) is 14.6. The van der Waals surface area contributed by atoms with Crippen LogP contribution in [0.5, 0.6) is 11.8 Å². The van der Waals surface area contributed by atoms with Crippen molar-refractivity contribution in [3.05, 3.63) is 86.4 Å². The van der Waals surface area contributed by atoms with E-state index >= 15 is 0 Å². The molecule has 7 rings (SSSR count).